The van der Waals surface area contributed by atoms with Crippen LogP contribution in [0.2, 0.25) is 0 Å². The van der Waals surface area contributed by atoms with E-state index in [4.69, 9.17) is 0 Å². The Labute approximate surface area is 101 Å². The van der Waals surface area contributed by atoms with Gasteiger partial charge in [0.05, 0.1) is 6.04 Å². The Morgan fingerprint density at radius 2 is 2.06 bits per heavy atom. The summed E-state index contributed by atoms with van der Waals surface area (Å²) in [5.74, 6) is 0.843. The standard InChI is InChI=1S/C13H18N4/c1-3-4-10-5-7-11(8-6-10)12(14-2)13-15-9-16-17-13/h5-9,12,14H,3-4H2,1-2H3,(H,15,16,17). The molecule has 0 radical (unpaired) electrons. The molecule has 2 N–H and O–H groups in total. The second kappa shape index (κ2) is 5.59. The highest BCUT2D eigenvalue weighted by Crippen LogP contribution is 2.18. The number of aromatic amines is 1. The van der Waals surface area contributed by atoms with Crippen molar-refractivity contribution >= 4 is 0 Å². The maximum atomic E-state index is 4.19. The molecule has 1 atom stereocenters. The Morgan fingerprint density at radius 3 is 2.59 bits per heavy atom. The lowest BCUT2D eigenvalue weighted by atomic mass is 10.0. The largest absolute Gasteiger partial charge is 0.307 e. The molecule has 4 heteroatoms. The van der Waals surface area contributed by atoms with E-state index in [1.165, 1.54) is 23.9 Å². The molecule has 1 heterocycles. The molecule has 0 fully saturated rings. The highest BCUT2D eigenvalue weighted by atomic mass is 15.2. The number of hydrogen-bond donors (Lipinski definition) is 2. The van der Waals surface area contributed by atoms with Crippen molar-refractivity contribution < 1.29 is 0 Å². The van der Waals surface area contributed by atoms with E-state index in [0.717, 1.165) is 12.2 Å². The molecule has 0 aliphatic heterocycles. The van der Waals surface area contributed by atoms with Crippen LogP contribution in [0, 0.1) is 0 Å². The van der Waals surface area contributed by atoms with Gasteiger partial charge in [0.1, 0.15) is 12.2 Å². The number of nitrogens with one attached hydrogen (secondary N) is 2. The fourth-order valence-electron chi connectivity index (χ4n) is 1.98. The molecule has 2 rings (SSSR count). The molecule has 0 spiro atoms. The van der Waals surface area contributed by atoms with Gasteiger partial charge in [-0.25, -0.2) is 4.98 Å². The number of nitrogens with zero attached hydrogens (tertiary/aromatic N) is 2. The number of rotatable bonds is 5. The minimum atomic E-state index is 0.0770. The van der Waals surface area contributed by atoms with Crippen LogP contribution in [0.25, 0.3) is 0 Å². The van der Waals surface area contributed by atoms with Crippen molar-refractivity contribution in [2.24, 2.45) is 0 Å². The lowest BCUT2D eigenvalue weighted by Crippen LogP contribution is -2.19. The van der Waals surface area contributed by atoms with E-state index >= 15 is 0 Å². The van der Waals surface area contributed by atoms with Gasteiger partial charge in [-0.05, 0) is 24.6 Å². The molecular formula is C13H18N4. The van der Waals surface area contributed by atoms with Crippen molar-refractivity contribution in [3.63, 3.8) is 0 Å². The van der Waals surface area contributed by atoms with E-state index in [9.17, 15) is 0 Å². The minimum absolute atomic E-state index is 0.0770. The predicted octanol–water partition coefficient (Wildman–Crippen LogP) is 2.07. The number of benzene rings is 1. The molecule has 4 nitrogen and oxygen atoms in total. The number of aryl methyl sites for hydroxylation is 1. The zero-order valence-corrected chi connectivity index (χ0v) is 10.3. The topological polar surface area (TPSA) is 53.6 Å². The number of aromatic nitrogens is 3. The van der Waals surface area contributed by atoms with E-state index in [1.54, 1.807) is 0 Å². The average Bonchev–Trinajstić information content (AvgIpc) is 2.86. The van der Waals surface area contributed by atoms with E-state index < -0.39 is 0 Å². The Kier molecular flexibility index (Phi) is 3.88. The maximum absolute atomic E-state index is 4.19. The summed E-state index contributed by atoms with van der Waals surface area (Å²) in [7, 11) is 1.92. The summed E-state index contributed by atoms with van der Waals surface area (Å²) in [6.45, 7) is 2.19. The second-order valence-corrected chi connectivity index (χ2v) is 4.08. The molecule has 0 aliphatic rings. The molecule has 17 heavy (non-hydrogen) atoms. The molecule has 0 saturated carbocycles. The van der Waals surface area contributed by atoms with Crippen molar-refractivity contribution in [2.75, 3.05) is 7.05 Å². The van der Waals surface area contributed by atoms with Crippen molar-refractivity contribution in [3.8, 4) is 0 Å². The zero-order valence-electron chi connectivity index (χ0n) is 10.3. The molecule has 1 aromatic heterocycles. The van der Waals surface area contributed by atoms with Crippen molar-refractivity contribution in [2.45, 2.75) is 25.8 Å². The molecule has 0 amide bonds. The first-order valence-electron chi connectivity index (χ1n) is 5.96. The van der Waals surface area contributed by atoms with Crippen LogP contribution >= 0.6 is 0 Å². The lowest BCUT2D eigenvalue weighted by Gasteiger charge is -2.14. The fraction of sp³-hybridized carbons (Fsp3) is 0.385. The quantitative estimate of drug-likeness (QED) is 0.826. The predicted molar refractivity (Wildman–Crippen MR) is 67.7 cm³/mol. The van der Waals surface area contributed by atoms with Crippen LogP contribution in [0.3, 0.4) is 0 Å². The third-order valence-corrected chi connectivity index (χ3v) is 2.85. The molecule has 90 valence electrons. The van der Waals surface area contributed by atoms with Crippen LogP contribution in [0.1, 0.15) is 36.3 Å². The van der Waals surface area contributed by atoms with E-state index in [1.807, 2.05) is 7.05 Å². The van der Waals surface area contributed by atoms with Gasteiger partial charge in [0.25, 0.3) is 0 Å². The third kappa shape index (κ3) is 2.71. The Balaban J connectivity index is 2.20. The summed E-state index contributed by atoms with van der Waals surface area (Å²) in [5.41, 5.74) is 2.58. The van der Waals surface area contributed by atoms with Gasteiger partial charge in [-0.1, -0.05) is 37.6 Å². The highest BCUT2D eigenvalue weighted by Gasteiger charge is 2.14. The fourth-order valence-corrected chi connectivity index (χ4v) is 1.98. The van der Waals surface area contributed by atoms with Gasteiger partial charge in [-0.15, -0.1) is 0 Å². The molecule has 0 bridgehead atoms. The van der Waals surface area contributed by atoms with Gasteiger partial charge in [-0.3, -0.25) is 5.10 Å². The van der Waals surface area contributed by atoms with Crippen molar-refractivity contribution in [1.82, 2.24) is 20.5 Å². The summed E-state index contributed by atoms with van der Waals surface area (Å²) in [5, 5.41) is 10.0. The normalized spacial score (nSPS) is 12.6. The summed E-state index contributed by atoms with van der Waals surface area (Å²) in [4.78, 5) is 4.19. The number of hydrogen-bond acceptors (Lipinski definition) is 3. The van der Waals surface area contributed by atoms with Crippen LogP contribution in [0.15, 0.2) is 30.6 Å². The van der Waals surface area contributed by atoms with Gasteiger partial charge >= 0.3 is 0 Å². The Morgan fingerprint density at radius 1 is 1.29 bits per heavy atom. The molecule has 2 aromatic rings. The maximum Gasteiger partial charge on any atom is 0.145 e. The SMILES string of the molecule is CCCc1ccc(C(NC)c2ncn[nH]2)cc1. The summed E-state index contributed by atoms with van der Waals surface area (Å²) in [6, 6.07) is 8.73. The van der Waals surface area contributed by atoms with E-state index in [-0.39, 0.29) is 6.04 Å². The smallest absolute Gasteiger partial charge is 0.145 e. The zero-order chi connectivity index (χ0) is 12.1. The highest BCUT2D eigenvalue weighted by molar-refractivity contribution is 5.28. The van der Waals surface area contributed by atoms with E-state index in [2.05, 4.69) is 51.7 Å². The molecular weight excluding hydrogens is 212 g/mol. The van der Waals surface area contributed by atoms with Gasteiger partial charge in [0.15, 0.2) is 0 Å². The molecule has 0 saturated heterocycles. The van der Waals surface area contributed by atoms with Gasteiger partial charge in [-0.2, -0.15) is 5.10 Å². The molecule has 0 aliphatic carbocycles. The summed E-state index contributed by atoms with van der Waals surface area (Å²) in [6.07, 6.45) is 3.84. The molecule has 1 aromatic carbocycles. The van der Waals surface area contributed by atoms with Gasteiger partial charge in [0.2, 0.25) is 0 Å². The van der Waals surface area contributed by atoms with Crippen LogP contribution < -0.4 is 5.32 Å². The number of H-pyrrole nitrogens is 1. The van der Waals surface area contributed by atoms with Crippen LogP contribution in [0.4, 0.5) is 0 Å². The van der Waals surface area contributed by atoms with Crippen LogP contribution in [0.5, 0.6) is 0 Å². The Hall–Kier alpha value is -1.68. The average molecular weight is 230 g/mol. The van der Waals surface area contributed by atoms with Crippen molar-refractivity contribution in [3.05, 3.63) is 47.5 Å². The first-order chi connectivity index (χ1) is 8.35. The lowest BCUT2D eigenvalue weighted by molar-refractivity contribution is 0.649. The van der Waals surface area contributed by atoms with Crippen LogP contribution in [-0.2, 0) is 6.42 Å². The molecule has 1 unspecified atom stereocenters. The first-order valence-corrected chi connectivity index (χ1v) is 5.96. The third-order valence-electron chi connectivity index (χ3n) is 2.85. The summed E-state index contributed by atoms with van der Waals surface area (Å²) >= 11 is 0. The van der Waals surface area contributed by atoms with Gasteiger partial charge < -0.3 is 5.32 Å². The second-order valence-electron chi connectivity index (χ2n) is 4.08. The van der Waals surface area contributed by atoms with Crippen molar-refractivity contribution in [1.29, 1.82) is 0 Å². The Bertz CT molecular complexity index is 433. The minimum Gasteiger partial charge on any atom is -0.307 e. The summed E-state index contributed by atoms with van der Waals surface area (Å²) < 4.78 is 0. The first kappa shape index (κ1) is 11.8. The van der Waals surface area contributed by atoms with Gasteiger partial charge in [0, 0.05) is 0 Å². The monoisotopic (exact) mass is 230 g/mol. The van der Waals surface area contributed by atoms with Crippen LogP contribution in [-0.4, -0.2) is 22.2 Å². The van der Waals surface area contributed by atoms with E-state index in [0.29, 0.717) is 0 Å².